The third-order valence-electron chi connectivity index (χ3n) is 3.83. The maximum Gasteiger partial charge on any atom is 0.0643 e. The zero-order valence-electron chi connectivity index (χ0n) is 11.6. The van der Waals surface area contributed by atoms with Gasteiger partial charge in [0.1, 0.15) is 0 Å². The molecular weight excluding hydrogens is 301 g/mol. The molecule has 21 heavy (non-hydrogen) atoms. The number of halogens is 2. The van der Waals surface area contributed by atoms with Gasteiger partial charge in [-0.2, -0.15) is 0 Å². The number of benzene rings is 3. The summed E-state index contributed by atoms with van der Waals surface area (Å²) in [5.41, 5.74) is 9.60. The van der Waals surface area contributed by atoms with Crippen molar-refractivity contribution >= 4 is 34.0 Å². The monoisotopic (exact) mass is 315 g/mol. The van der Waals surface area contributed by atoms with E-state index in [1.165, 1.54) is 10.9 Å². The third kappa shape index (κ3) is 2.53. The summed E-state index contributed by atoms with van der Waals surface area (Å²) in [5, 5.41) is 3.42. The highest BCUT2D eigenvalue weighted by Gasteiger charge is 2.16. The first-order chi connectivity index (χ1) is 10.1. The molecule has 0 aliphatic rings. The van der Waals surface area contributed by atoms with Crippen LogP contribution in [0.5, 0.6) is 0 Å². The van der Waals surface area contributed by atoms with Crippen LogP contribution in [-0.2, 0) is 0 Å². The van der Waals surface area contributed by atoms with E-state index in [4.69, 9.17) is 28.9 Å². The van der Waals surface area contributed by atoms with Crippen LogP contribution in [0.1, 0.15) is 22.7 Å². The van der Waals surface area contributed by atoms with Gasteiger partial charge in [-0.3, -0.25) is 0 Å². The van der Waals surface area contributed by atoms with Gasteiger partial charge in [0.05, 0.1) is 16.1 Å². The first kappa shape index (κ1) is 14.4. The molecule has 1 nitrogen and oxygen atoms in total. The van der Waals surface area contributed by atoms with Crippen LogP contribution in [0, 0.1) is 6.92 Å². The van der Waals surface area contributed by atoms with Gasteiger partial charge in [0.2, 0.25) is 0 Å². The van der Waals surface area contributed by atoms with E-state index in [0.717, 1.165) is 16.5 Å². The fourth-order valence-electron chi connectivity index (χ4n) is 2.67. The van der Waals surface area contributed by atoms with Gasteiger partial charge >= 0.3 is 0 Å². The van der Waals surface area contributed by atoms with Crippen molar-refractivity contribution in [1.29, 1.82) is 0 Å². The maximum atomic E-state index is 6.46. The Balaban J connectivity index is 2.21. The topological polar surface area (TPSA) is 26.0 Å². The number of aryl methyl sites for hydroxylation is 1. The van der Waals surface area contributed by atoms with Crippen LogP contribution in [0.3, 0.4) is 0 Å². The molecule has 0 saturated heterocycles. The van der Waals surface area contributed by atoms with Crippen molar-refractivity contribution < 1.29 is 0 Å². The Bertz CT molecular complexity index is 811. The van der Waals surface area contributed by atoms with Crippen LogP contribution in [0.15, 0.2) is 54.6 Å². The lowest BCUT2D eigenvalue weighted by Gasteiger charge is -2.18. The molecule has 3 rings (SSSR count). The predicted molar refractivity (Wildman–Crippen MR) is 91.2 cm³/mol. The molecule has 106 valence electrons. The average Bonchev–Trinajstić information content (AvgIpc) is 2.50. The van der Waals surface area contributed by atoms with Crippen LogP contribution >= 0.6 is 23.2 Å². The quantitative estimate of drug-likeness (QED) is 0.663. The van der Waals surface area contributed by atoms with E-state index in [2.05, 4.69) is 31.2 Å². The highest BCUT2D eigenvalue weighted by molar-refractivity contribution is 6.42. The molecule has 2 N–H and O–H groups in total. The first-order valence-corrected chi connectivity index (χ1v) is 7.53. The van der Waals surface area contributed by atoms with E-state index in [1.54, 1.807) is 6.07 Å². The summed E-state index contributed by atoms with van der Waals surface area (Å²) < 4.78 is 0. The summed E-state index contributed by atoms with van der Waals surface area (Å²) >= 11 is 12.4. The van der Waals surface area contributed by atoms with Crippen LogP contribution in [0.4, 0.5) is 0 Å². The molecule has 3 heteroatoms. The van der Waals surface area contributed by atoms with E-state index >= 15 is 0 Å². The Morgan fingerprint density at radius 1 is 0.810 bits per heavy atom. The zero-order chi connectivity index (χ0) is 15.0. The molecule has 0 fully saturated rings. The van der Waals surface area contributed by atoms with Crippen LogP contribution in [0.25, 0.3) is 10.8 Å². The highest BCUT2D eigenvalue weighted by Crippen LogP contribution is 2.35. The highest BCUT2D eigenvalue weighted by atomic mass is 35.5. The lowest BCUT2D eigenvalue weighted by Crippen LogP contribution is -2.13. The molecule has 0 amide bonds. The van der Waals surface area contributed by atoms with Crippen molar-refractivity contribution in [2.45, 2.75) is 13.0 Å². The molecule has 3 aromatic carbocycles. The van der Waals surface area contributed by atoms with Crippen molar-refractivity contribution in [2.75, 3.05) is 0 Å². The van der Waals surface area contributed by atoms with E-state index < -0.39 is 0 Å². The Kier molecular flexibility index (Phi) is 3.90. The SMILES string of the molecule is Cc1ccc(C(N)c2cccc(Cl)c2Cl)c2ccccc12. The van der Waals surface area contributed by atoms with E-state index in [-0.39, 0.29) is 6.04 Å². The number of nitrogens with two attached hydrogens (primary N) is 1. The fourth-order valence-corrected chi connectivity index (χ4v) is 3.10. The van der Waals surface area contributed by atoms with Gasteiger partial charge in [0, 0.05) is 0 Å². The van der Waals surface area contributed by atoms with Gasteiger partial charge in [-0.05, 0) is 40.5 Å². The smallest absolute Gasteiger partial charge is 0.0643 e. The normalized spacial score (nSPS) is 12.6. The number of fused-ring (bicyclic) bond motifs is 1. The van der Waals surface area contributed by atoms with Crippen LogP contribution < -0.4 is 5.73 Å². The van der Waals surface area contributed by atoms with E-state index in [9.17, 15) is 0 Å². The van der Waals surface area contributed by atoms with Gasteiger partial charge in [0.25, 0.3) is 0 Å². The molecular formula is C18H15Cl2N. The Labute approximate surface area is 134 Å². The van der Waals surface area contributed by atoms with Crippen molar-refractivity contribution in [2.24, 2.45) is 5.73 Å². The molecule has 0 spiro atoms. The molecule has 0 bridgehead atoms. The van der Waals surface area contributed by atoms with Gasteiger partial charge in [-0.1, -0.05) is 71.7 Å². The van der Waals surface area contributed by atoms with E-state index in [1.807, 2.05) is 24.3 Å². The van der Waals surface area contributed by atoms with Crippen LogP contribution in [-0.4, -0.2) is 0 Å². The maximum absolute atomic E-state index is 6.46. The second-order valence-corrected chi connectivity index (χ2v) is 5.92. The molecule has 3 aromatic rings. The molecule has 1 atom stereocenters. The summed E-state index contributed by atoms with van der Waals surface area (Å²) in [5.74, 6) is 0. The molecule has 0 aliphatic heterocycles. The summed E-state index contributed by atoms with van der Waals surface area (Å²) in [6.45, 7) is 2.10. The lowest BCUT2D eigenvalue weighted by atomic mass is 9.92. The first-order valence-electron chi connectivity index (χ1n) is 6.77. The zero-order valence-corrected chi connectivity index (χ0v) is 13.1. The van der Waals surface area contributed by atoms with Gasteiger partial charge < -0.3 is 5.73 Å². The molecule has 0 radical (unpaired) electrons. The average molecular weight is 316 g/mol. The standard InChI is InChI=1S/C18H15Cl2N/c1-11-9-10-14(13-6-3-2-5-12(11)13)18(21)15-7-4-8-16(19)17(15)20/h2-10,18H,21H2,1H3. The van der Waals surface area contributed by atoms with Gasteiger partial charge in [-0.15, -0.1) is 0 Å². The Morgan fingerprint density at radius 3 is 2.29 bits per heavy atom. The third-order valence-corrected chi connectivity index (χ3v) is 4.66. The summed E-state index contributed by atoms with van der Waals surface area (Å²) in [6, 6.07) is 17.7. The lowest BCUT2D eigenvalue weighted by molar-refractivity contribution is 0.881. The van der Waals surface area contributed by atoms with Crippen molar-refractivity contribution in [1.82, 2.24) is 0 Å². The van der Waals surface area contributed by atoms with Gasteiger partial charge in [0.15, 0.2) is 0 Å². The predicted octanol–water partition coefficient (Wildman–Crippen LogP) is 5.50. The second kappa shape index (κ2) is 5.69. The van der Waals surface area contributed by atoms with Crippen molar-refractivity contribution in [3.05, 3.63) is 81.3 Å². The van der Waals surface area contributed by atoms with E-state index in [0.29, 0.717) is 10.0 Å². The second-order valence-electron chi connectivity index (χ2n) is 5.14. The number of hydrogen-bond donors (Lipinski definition) is 1. The summed E-state index contributed by atoms with van der Waals surface area (Å²) in [4.78, 5) is 0. The minimum absolute atomic E-state index is 0.304. The minimum atomic E-state index is -0.304. The molecule has 0 aliphatic carbocycles. The van der Waals surface area contributed by atoms with Crippen LogP contribution in [0.2, 0.25) is 10.0 Å². The van der Waals surface area contributed by atoms with Gasteiger partial charge in [-0.25, -0.2) is 0 Å². The summed E-state index contributed by atoms with van der Waals surface area (Å²) in [7, 11) is 0. The largest absolute Gasteiger partial charge is 0.320 e. The minimum Gasteiger partial charge on any atom is -0.320 e. The van der Waals surface area contributed by atoms with Crippen molar-refractivity contribution in [3.63, 3.8) is 0 Å². The number of hydrogen-bond acceptors (Lipinski definition) is 1. The number of rotatable bonds is 2. The Hall–Kier alpha value is -1.54. The molecule has 1 unspecified atom stereocenters. The molecule has 0 saturated carbocycles. The molecule has 0 aromatic heterocycles. The van der Waals surface area contributed by atoms with Crippen molar-refractivity contribution in [3.8, 4) is 0 Å². The molecule has 0 heterocycles. The fraction of sp³-hybridized carbons (Fsp3) is 0.111. The Morgan fingerprint density at radius 2 is 1.52 bits per heavy atom. The summed E-state index contributed by atoms with van der Waals surface area (Å²) in [6.07, 6.45) is 0.